The summed E-state index contributed by atoms with van der Waals surface area (Å²) in [6, 6.07) is 9.94. The quantitative estimate of drug-likeness (QED) is 0.741. The molecule has 0 aliphatic heterocycles. The second-order valence-corrected chi connectivity index (χ2v) is 4.93. The maximum absolute atomic E-state index is 13.6. The minimum atomic E-state index is -0.308. The molecule has 0 saturated heterocycles. The molecule has 2 N–H and O–H groups in total. The maximum atomic E-state index is 13.6. The molecule has 5 heteroatoms. The highest BCUT2D eigenvalue weighted by atomic mass is 19.1. The van der Waals surface area contributed by atoms with Gasteiger partial charge in [0.05, 0.1) is 18.3 Å². The number of aryl methyl sites for hydroxylation is 1. The largest absolute Gasteiger partial charge is 0.495 e. The Bertz CT molecular complexity index is 849. The number of hydrogen-bond acceptors (Lipinski definition) is 4. The fraction of sp³-hybridized carbons (Fsp3) is 0.118. The van der Waals surface area contributed by atoms with Crippen LogP contribution in [0.15, 0.2) is 42.6 Å². The summed E-state index contributed by atoms with van der Waals surface area (Å²) in [6.45, 7) is 1.70. The molecule has 0 unspecified atom stereocenters. The lowest BCUT2D eigenvalue weighted by atomic mass is 10.1. The molecular weight excluding hydrogens is 283 g/mol. The van der Waals surface area contributed by atoms with Crippen LogP contribution in [0.1, 0.15) is 5.56 Å². The lowest BCUT2D eigenvalue weighted by molar-refractivity contribution is 0.417. The van der Waals surface area contributed by atoms with Gasteiger partial charge in [0.2, 0.25) is 0 Å². The van der Waals surface area contributed by atoms with Crippen molar-refractivity contribution in [3.63, 3.8) is 0 Å². The number of nitrogens with zero attached hydrogens (tertiary/aromatic N) is 1. The van der Waals surface area contributed by atoms with Gasteiger partial charge in [0.15, 0.2) is 0 Å². The maximum Gasteiger partial charge on any atom is 0.143 e. The summed E-state index contributed by atoms with van der Waals surface area (Å²) in [6.07, 6.45) is 1.62. The van der Waals surface area contributed by atoms with E-state index in [1.165, 1.54) is 6.07 Å². The van der Waals surface area contributed by atoms with Gasteiger partial charge in [-0.2, -0.15) is 0 Å². The van der Waals surface area contributed by atoms with Gasteiger partial charge < -0.3 is 15.2 Å². The van der Waals surface area contributed by atoms with Gasteiger partial charge in [-0.25, -0.2) is 4.39 Å². The smallest absolute Gasteiger partial charge is 0.143 e. The Kier molecular flexibility index (Phi) is 3.55. The second-order valence-electron chi connectivity index (χ2n) is 4.93. The monoisotopic (exact) mass is 298 g/mol. The first-order valence-corrected chi connectivity index (χ1v) is 6.74. The third-order valence-corrected chi connectivity index (χ3v) is 3.42. The van der Waals surface area contributed by atoms with E-state index >= 15 is 0 Å². The summed E-state index contributed by atoms with van der Waals surface area (Å²) in [4.78, 5) is 4.28. The normalized spacial score (nSPS) is 10.7. The van der Waals surface area contributed by atoms with Crippen LogP contribution in [0.5, 0.6) is 17.2 Å². The van der Waals surface area contributed by atoms with Gasteiger partial charge in [-0.05, 0) is 30.7 Å². The highest BCUT2D eigenvalue weighted by Crippen LogP contribution is 2.34. The van der Waals surface area contributed by atoms with E-state index in [1.807, 2.05) is 0 Å². The Morgan fingerprint density at radius 2 is 1.91 bits per heavy atom. The number of ether oxygens (including phenoxy) is 2. The highest BCUT2D eigenvalue weighted by molar-refractivity contribution is 5.90. The first kappa shape index (κ1) is 14.1. The number of nitrogens with two attached hydrogens (primary N) is 1. The predicted molar refractivity (Wildman–Crippen MR) is 83.9 cm³/mol. The fourth-order valence-electron chi connectivity index (χ4n) is 2.19. The highest BCUT2D eigenvalue weighted by Gasteiger charge is 2.10. The van der Waals surface area contributed by atoms with Crippen LogP contribution < -0.4 is 15.2 Å². The molecule has 112 valence electrons. The number of pyridine rings is 1. The summed E-state index contributed by atoms with van der Waals surface area (Å²) in [5.74, 6) is 1.23. The van der Waals surface area contributed by atoms with E-state index in [0.717, 1.165) is 5.39 Å². The van der Waals surface area contributed by atoms with Gasteiger partial charge in [-0.15, -0.1) is 0 Å². The van der Waals surface area contributed by atoms with Gasteiger partial charge in [-0.1, -0.05) is 6.07 Å². The Morgan fingerprint density at radius 1 is 1.09 bits per heavy atom. The van der Waals surface area contributed by atoms with E-state index in [4.69, 9.17) is 15.2 Å². The van der Waals surface area contributed by atoms with Crippen LogP contribution in [0.2, 0.25) is 0 Å². The molecule has 3 rings (SSSR count). The molecule has 0 saturated carbocycles. The van der Waals surface area contributed by atoms with Gasteiger partial charge in [0.25, 0.3) is 0 Å². The fourth-order valence-corrected chi connectivity index (χ4v) is 2.19. The molecule has 0 bridgehead atoms. The molecule has 1 aromatic heterocycles. The number of methoxy groups -OCH3 is 1. The van der Waals surface area contributed by atoms with Crippen molar-refractivity contribution in [2.45, 2.75) is 6.92 Å². The van der Waals surface area contributed by atoms with Crippen molar-refractivity contribution in [1.82, 2.24) is 4.98 Å². The number of halogens is 1. The second kappa shape index (κ2) is 5.52. The SMILES string of the molecule is COc1cc2nccc(Oc3ccc(C)c(F)c3)c2cc1N. The van der Waals surface area contributed by atoms with Crippen molar-refractivity contribution in [1.29, 1.82) is 0 Å². The number of anilines is 1. The first-order chi connectivity index (χ1) is 10.6. The zero-order valence-electron chi connectivity index (χ0n) is 12.3. The van der Waals surface area contributed by atoms with Crippen molar-refractivity contribution in [2.75, 3.05) is 12.8 Å². The standard InChI is InChI=1S/C17H15FN2O2/c1-10-3-4-11(7-13(10)18)22-16-5-6-20-15-9-17(21-2)14(19)8-12(15)16/h3-9H,19H2,1-2H3. The Labute approximate surface area is 127 Å². The van der Waals surface area contributed by atoms with Crippen LogP contribution in [0.25, 0.3) is 10.9 Å². The van der Waals surface area contributed by atoms with Crippen LogP contribution in [0.4, 0.5) is 10.1 Å². The molecule has 0 fully saturated rings. The molecule has 4 nitrogen and oxygen atoms in total. The van der Waals surface area contributed by atoms with Crippen LogP contribution in [0.3, 0.4) is 0 Å². The van der Waals surface area contributed by atoms with Gasteiger partial charge in [0.1, 0.15) is 23.1 Å². The molecule has 0 atom stereocenters. The van der Waals surface area contributed by atoms with Crippen LogP contribution >= 0.6 is 0 Å². The number of rotatable bonds is 3. The van der Waals surface area contributed by atoms with E-state index in [-0.39, 0.29) is 5.82 Å². The van der Waals surface area contributed by atoms with Gasteiger partial charge in [-0.3, -0.25) is 4.98 Å². The molecule has 1 heterocycles. The molecule has 3 aromatic rings. The topological polar surface area (TPSA) is 57.4 Å². The molecule has 0 radical (unpaired) electrons. The molecule has 0 spiro atoms. The van der Waals surface area contributed by atoms with E-state index in [1.54, 1.807) is 50.6 Å². The third-order valence-electron chi connectivity index (χ3n) is 3.42. The third kappa shape index (κ3) is 2.53. The Balaban J connectivity index is 2.06. The lowest BCUT2D eigenvalue weighted by Gasteiger charge is -2.11. The van der Waals surface area contributed by atoms with Crippen molar-refractivity contribution in [3.8, 4) is 17.2 Å². The van der Waals surface area contributed by atoms with Crippen LogP contribution in [-0.2, 0) is 0 Å². The van der Waals surface area contributed by atoms with Crippen molar-refractivity contribution >= 4 is 16.6 Å². The van der Waals surface area contributed by atoms with E-state index in [2.05, 4.69) is 4.98 Å². The van der Waals surface area contributed by atoms with E-state index < -0.39 is 0 Å². The van der Waals surface area contributed by atoms with Crippen LogP contribution in [0, 0.1) is 12.7 Å². The van der Waals surface area contributed by atoms with Crippen molar-refractivity contribution in [2.24, 2.45) is 0 Å². The molecule has 0 aliphatic carbocycles. The van der Waals surface area contributed by atoms with Crippen LogP contribution in [-0.4, -0.2) is 12.1 Å². The van der Waals surface area contributed by atoms with Gasteiger partial charge >= 0.3 is 0 Å². The number of fused-ring (bicyclic) bond motifs is 1. The summed E-state index contributed by atoms with van der Waals surface area (Å²) in [7, 11) is 1.55. The van der Waals surface area contributed by atoms with Crippen molar-refractivity contribution in [3.05, 3.63) is 54.0 Å². The zero-order chi connectivity index (χ0) is 15.7. The summed E-state index contributed by atoms with van der Waals surface area (Å²) in [5, 5.41) is 0.738. The minimum absolute atomic E-state index is 0.308. The summed E-state index contributed by atoms with van der Waals surface area (Å²) >= 11 is 0. The minimum Gasteiger partial charge on any atom is -0.495 e. The molecule has 2 aromatic carbocycles. The number of hydrogen-bond donors (Lipinski definition) is 1. The number of benzene rings is 2. The van der Waals surface area contributed by atoms with Gasteiger partial charge in [0, 0.05) is 23.7 Å². The average molecular weight is 298 g/mol. The summed E-state index contributed by atoms with van der Waals surface area (Å²) in [5.41, 5.74) is 7.69. The Hall–Kier alpha value is -2.82. The molecule has 0 aliphatic rings. The predicted octanol–water partition coefficient (Wildman–Crippen LogP) is 4.07. The van der Waals surface area contributed by atoms with E-state index in [0.29, 0.717) is 34.0 Å². The number of aromatic nitrogens is 1. The first-order valence-electron chi connectivity index (χ1n) is 6.74. The average Bonchev–Trinajstić information content (AvgIpc) is 2.51. The number of nitrogen functional groups attached to an aromatic ring is 1. The summed E-state index contributed by atoms with van der Waals surface area (Å²) < 4.78 is 24.6. The Morgan fingerprint density at radius 3 is 2.64 bits per heavy atom. The van der Waals surface area contributed by atoms with Crippen molar-refractivity contribution < 1.29 is 13.9 Å². The van der Waals surface area contributed by atoms with E-state index in [9.17, 15) is 4.39 Å². The zero-order valence-corrected chi connectivity index (χ0v) is 12.3. The lowest BCUT2D eigenvalue weighted by Crippen LogP contribution is -1.95. The molecular formula is C17H15FN2O2. The molecule has 22 heavy (non-hydrogen) atoms. The molecule has 0 amide bonds.